The second-order valence-electron chi connectivity index (χ2n) is 6.09. The molecule has 0 aliphatic heterocycles. The maximum absolute atomic E-state index is 11.0. The van der Waals surface area contributed by atoms with Gasteiger partial charge in [-0.05, 0) is 37.8 Å². The number of nitrogen functional groups attached to an aromatic ring is 1. The zero-order valence-electron chi connectivity index (χ0n) is 13.6. The number of nitrogens with zero attached hydrogens (tertiary/aromatic N) is 3. The Morgan fingerprint density at radius 1 is 1.16 bits per heavy atom. The molecule has 1 aliphatic carbocycles. The lowest BCUT2D eigenvalue weighted by molar-refractivity contribution is -0.383. The zero-order valence-corrected chi connectivity index (χ0v) is 13.6. The lowest BCUT2D eigenvalue weighted by atomic mass is 9.93. The summed E-state index contributed by atoms with van der Waals surface area (Å²) in [6, 6.07) is 6.51. The summed E-state index contributed by atoms with van der Waals surface area (Å²) in [6.45, 7) is 0. The summed E-state index contributed by atoms with van der Waals surface area (Å²) in [5, 5.41) is 26.9. The minimum Gasteiger partial charge on any atom is -0.393 e. The van der Waals surface area contributed by atoms with Gasteiger partial charge in [0.05, 0.1) is 11.0 Å². The number of nitrogens with one attached hydrogen (secondary N) is 2. The first-order valence-corrected chi connectivity index (χ1v) is 8.09. The van der Waals surface area contributed by atoms with Crippen LogP contribution in [0.2, 0.25) is 0 Å². The van der Waals surface area contributed by atoms with Gasteiger partial charge in [0.15, 0.2) is 0 Å². The molecular weight excluding hydrogens is 324 g/mol. The maximum atomic E-state index is 11.0. The first kappa shape index (κ1) is 16.9. The molecule has 25 heavy (non-hydrogen) atoms. The summed E-state index contributed by atoms with van der Waals surface area (Å²) >= 11 is 0. The molecule has 0 atom stereocenters. The number of nitro benzene ring substituents is 1. The van der Waals surface area contributed by atoms with E-state index in [2.05, 4.69) is 20.6 Å². The van der Waals surface area contributed by atoms with Gasteiger partial charge in [-0.15, -0.1) is 0 Å². The van der Waals surface area contributed by atoms with Crippen molar-refractivity contribution >= 4 is 28.7 Å². The predicted molar refractivity (Wildman–Crippen MR) is 94.7 cm³/mol. The summed E-state index contributed by atoms with van der Waals surface area (Å²) in [5.41, 5.74) is 6.08. The monoisotopic (exact) mass is 344 g/mol. The van der Waals surface area contributed by atoms with E-state index in [1.165, 1.54) is 18.5 Å². The zero-order chi connectivity index (χ0) is 17.8. The van der Waals surface area contributed by atoms with E-state index in [-0.39, 0.29) is 23.5 Å². The lowest BCUT2D eigenvalue weighted by Crippen LogP contribution is -2.28. The molecule has 0 saturated heterocycles. The average Bonchev–Trinajstić information content (AvgIpc) is 2.59. The third kappa shape index (κ3) is 4.32. The van der Waals surface area contributed by atoms with Crippen molar-refractivity contribution in [2.75, 3.05) is 16.4 Å². The first-order chi connectivity index (χ1) is 12.0. The Balaban J connectivity index is 1.69. The van der Waals surface area contributed by atoms with Gasteiger partial charge < -0.3 is 21.5 Å². The largest absolute Gasteiger partial charge is 0.393 e. The standard InChI is InChI=1S/C16H20N6O3/c17-13-6-3-11(7-14(13)22(24)25)21-16-8-15(18-9-19-16)20-10-1-4-12(23)5-2-10/h3,6-10,12,23H,1-2,4-5,17H2,(H2,18,19,20,21). The van der Waals surface area contributed by atoms with Crippen LogP contribution in [-0.2, 0) is 0 Å². The number of aliphatic hydroxyl groups excluding tert-OH is 1. The summed E-state index contributed by atoms with van der Waals surface area (Å²) in [5.74, 6) is 1.19. The van der Waals surface area contributed by atoms with E-state index in [1.54, 1.807) is 12.1 Å². The van der Waals surface area contributed by atoms with Crippen LogP contribution in [0.4, 0.5) is 28.7 Å². The number of hydrogen-bond donors (Lipinski definition) is 4. The van der Waals surface area contributed by atoms with Gasteiger partial charge in [-0.25, -0.2) is 9.97 Å². The van der Waals surface area contributed by atoms with Crippen LogP contribution in [0.25, 0.3) is 0 Å². The molecule has 0 radical (unpaired) electrons. The Bertz CT molecular complexity index is 761. The molecule has 1 aromatic heterocycles. The quantitative estimate of drug-likeness (QED) is 0.368. The summed E-state index contributed by atoms with van der Waals surface area (Å²) < 4.78 is 0. The fourth-order valence-corrected chi connectivity index (χ4v) is 2.86. The second-order valence-corrected chi connectivity index (χ2v) is 6.09. The van der Waals surface area contributed by atoms with Crippen LogP contribution in [0.5, 0.6) is 0 Å². The SMILES string of the molecule is Nc1ccc(Nc2cc(NC3CCC(O)CC3)ncn2)cc1[N+](=O)[O-]. The minimum absolute atomic E-state index is 0.111. The van der Waals surface area contributed by atoms with Crippen molar-refractivity contribution in [2.45, 2.75) is 37.8 Å². The van der Waals surface area contributed by atoms with Crippen LogP contribution in [0.1, 0.15) is 25.7 Å². The molecule has 3 rings (SSSR count). The van der Waals surface area contributed by atoms with Crippen molar-refractivity contribution in [3.8, 4) is 0 Å². The van der Waals surface area contributed by atoms with E-state index in [0.717, 1.165) is 25.7 Å². The van der Waals surface area contributed by atoms with Crippen molar-refractivity contribution < 1.29 is 10.0 Å². The molecular formula is C16H20N6O3. The summed E-state index contributed by atoms with van der Waals surface area (Å²) in [6.07, 6.45) is 4.55. The lowest BCUT2D eigenvalue weighted by Gasteiger charge is -2.26. The molecule has 9 nitrogen and oxygen atoms in total. The Kier molecular flexibility index (Phi) is 4.94. The number of hydrogen-bond acceptors (Lipinski definition) is 8. The fraction of sp³-hybridized carbons (Fsp3) is 0.375. The third-order valence-electron chi connectivity index (χ3n) is 4.22. The molecule has 9 heteroatoms. The number of nitrogens with two attached hydrogens (primary N) is 1. The third-order valence-corrected chi connectivity index (χ3v) is 4.22. The van der Waals surface area contributed by atoms with E-state index >= 15 is 0 Å². The Hall–Kier alpha value is -2.94. The Morgan fingerprint density at radius 3 is 2.60 bits per heavy atom. The molecule has 0 spiro atoms. The molecule has 1 saturated carbocycles. The minimum atomic E-state index is -0.523. The van der Waals surface area contributed by atoms with Gasteiger partial charge in [0.1, 0.15) is 23.7 Å². The van der Waals surface area contributed by atoms with Gasteiger partial charge in [0, 0.05) is 23.9 Å². The first-order valence-electron chi connectivity index (χ1n) is 8.09. The maximum Gasteiger partial charge on any atom is 0.294 e. The van der Waals surface area contributed by atoms with Gasteiger partial charge in [0.25, 0.3) is 5.69 Å². The van der Waals surface area contributed by atoms with Gasteiger partial charge in [-0.1, -0.05) is 0 Å². The van der Waals surface area contributed by atoms with Crippen molar-refractivity contribution in [1.29, 1.82) is 0 Å². The molecule has 1 fully saturated rings. The predicted octanol–water partition coefficient (Wildman–Crippen LogP) is 2.43. The van der Waals surface area contributed by atoms with Gasteiger partial charge in [0.2, 0.25) is 0 Å². The highest BCUT2D eigenvalue weighted by molar-refractivity contribution is 5.69. The molecule has 0 amide bonds. The molecule has 2 aromatic rings. The van der Waals surface area contributed by atoms with E-state index in [0.29, 0.717) is 17.3 Å². The van der Waals surface area contributed by atoms with Crippen molar-refractivity contribution in [2.24, 2.45) is 0 Å². The van der Waals surface area contributed by atoms with Crippen LogP contribution in [0, 0.1) is 10.1 Å². The van der Waals surface area contributed by atoms with Crippen LogP contribution in [-0.4, -0.2) is 32.1 Å². The van der Waals surface area contributed by atoms with E-state index < -0.39 is 4.92 Å². The van der Waals surface area contributed by atoms with Crippen LogP contribution < -0.4 is 16.4 Å². The molecule has 1 aliphatic rings. The van der Waals surface area contributed by atoms with Crippen LogP contribution >= 0.6 is 0 Å². The van der Waals surface area contributed by atoms with Crippen LogP contribution in [0.3, 0.4) is 0 Å². The number of nitro groups is 1. The fourth-order valence-electron chi connectivity index (χ4n) is 2.86. The molecule has 1 aromatic carbocycles. The highest BCUT2D eigenvalue weighted by Crippen LogP contribution is 2.27. The van der Waals surface area contributed by atoms with E-state index in [9.17, 15) is 15.2 Å². The van der Waals surface area contributed by atoms with E-state index in [1.807, 2.05) is 0 Å². The molecule has 132 valence electrons. The second kappa shape index (κ2) is 7.31. The molecule has 5 N–H and O–H groups in total. The van der Waals surface area contributed by atoms with Crippen LogP contribution in [0.15, 0.2) is 30.6 Å². The van der Waals surface area contributed by atoms with Crippen molar-refractivity contribution in [3.63, 3.8) is 0 Å². The molecule has 0 unspecified atom stereocenters. The number of anilines is 4. The normalized spacial score (nSPS) is 20.0. The Morgan fingerprint density at radius 2 is 1.88 bits per heavy atom. The smallest absolute Gasteiger partial charge is 0.294 e. The van der Waals surface area contributed by atoms with E-state index in [4.69, 9.17) is 5.73 Å². The highest BCUT2D eigenvalue weighted by atomic mass is 16.6. The van der Waals surface area contributed by atoms with Crippen molar-refractivity contribution in [1.82, 2.24) is 9.97 Å². The molecule has 1 heterocycles. The Labute approximate surface area is 144 Å². The molecule has 0 bridgehead atoms. The topological polar surface area (TPSA) is 139 Å². The number of aliphatic hydroxyl groups is 1. The summed E-state index contributed by atoms with van der Waals surface area (Å²) in [4.78, 5) is 18.8. The highest BCUT2D eigenvalue weighted by Gasteiger charge is 2.19. The number of rotatable bonds is 5. The van der Waals surface area contributed by atoms with Gasteiger partial charge in [-0.2, -0.15) is 0 Å². The average molecular weight is 344 g/mol. The van der Waals surface area contributed by atoms with Crippen molar-refractivity contribution in [3.05, 3.63) is 40.7 Å². The van der Waals surface area contributed by atoms with Gasteiger partial charge >= 0.3 is 0 Å². The number of aromatic nitrogens is 2. The summed E-state index contributed by atoms with van der Waals surface area (Å²) in [7, 11) is 0. The number of benzene rings is 1. The van der Waals surface area contributed by atoms with Gasteiger partial charge in [-0.3, -0.25) is 10.1 Å².